The largest absolute Gasteiger partial charge is 0.497 e. The van der Waals surface area contributed by atoms with Crippen LogP contribution in [-0.2, 0) is 0 Å². The van der Waals surface area contributed by atoms with Crippen molar-refractivity contribution in [1.82, 2.24) is 0 Å². The van der Waals surface area contributed by atoms with E-state index in [1.54, 1.807) is 19.2 Å². The van der Waals surface area contributed by atoms with Crippen LogP contribution in [0.15, 0.2) is 42.5 Å². The Balaban J connectivity index is 2.40. The highest BCUT2D eigenvalue weighted by atomic mass is 79.9. The van der Waals surface area contributed by atoms with Gasteiger partial charge in [0.2, 0.25) is 0 Å². The molecule has 0 spiro atoms. The van der Waals surface area contributed by atoms with Gasteiger partial charge in [-0.05, 0) is 29.8 Å². The Bertz CT molecular complexity index is 555. The summed E-state index contributed by atoms with van der Waals surface area (Å²) < 4.78 is 24.3. The summed E-state index contributed by atoms with van der Waals surface area (Å²) in [6.07, 6.45) is 0. The van der Waals surface area contributed by atoms with Crippen LogP contribution >= 0.6 is 15.9 Å². The van der Waals surface area contributed by atoms with Crippen molar-refractivity contribution in [2.75, 3.05) is 14.2 Å². The Kier molecular flexibility index (Phi) is 4.43. The third-order valence-electron chi connectivity index (χ3n) is 2.89. The van der Waals surface area contributed by atoms with Crippen molar-refractivity contribution in [2.24, 2.45) is 0 Å². The Hall–Kier alpha value is -1.55. The predicted molar refractivity (Wildman–Crippen MR) is 76.7 cm³/mol. The van der Waals surface area contributed by atoms with Crippen molar-refractivity contribution >= 4 is 15.9 Å². The third-order valence-corrected chi connectivity index (χ3v) is 3.88. The third kappa shape index (κ3) is 2.89. The quantitative estimate of drug-likeness (QED) is 0.779. The lowest BCUT2D eigenvalue weighted by atomic mass is 10.0. The van der Waals surface area contributed by atoms with Crippen LogP contribution in [0.25, 0.3) is 0 Å². The van der Waals surface area contributed by atoms with Gasteiger partial charge in [-0.2, -0.15) is 0 Å². The maximum absolute atomic E-state index is 14.0. The number of halogens is 2. The smallest absolute Gasteiger partial charge is 0.131 e. The Morgan fingerprint density at radius 2 is 1.68 bits per heavy atom. The van der Waals surface area contributed by atoms with Gasteiger partial charge in [-0.15, -0.1) is 0 Å². The molecule has 1 unspecified atom stereocenters. The SMILES string of the molecule is COc1ccc(C(Br)c2c(F)cccc2OC)cc1. The second kappa shape index (κ2) is 6.06. The Morgan fingerprint density at radius 3 is 2.26 bits per heavy atom. The van der Waals surface area contributed by atoms with Gasteiger partial charge in [0.25, 0.3) is 0 Å². The Morgan fingerprint density at radius 1 is 1.00 bits per heavy atom. The average molecular weight is 325 g/mol. The summed E-state index contributed by atoms with van der Waals surface area (Å²) in [5.41, 5.74) is 1.43. The molecule has 0 bridgehead atoms. The second-order valence-corrected chi connectivity index (χ2v) is 4.91. The first-order valence-corrected chi connectivity index (χ1v) is 6.69. The number of hydrogen-bond donors (Lipinski definition) is 0. The highest BCUT2D eigenvalue weighted by molar-refractivity contribution is 9.09. The van der Waals surface area contributed by atoms with Crippen LogP contribution < -0.4 is 9.47 Å². The van der Waals surface area contributed by atoms with Crippen LogP contribution in [0, 0.1) is 5.82 Å². The lowest BCUT2D eigenvalue weighted by Crippen LogP contribution is -2.00. The van der Waals surface area contributed by atoms with Gasteiger partial charge in [0.15, 0.2) is 0 Å². The van der Waals surface area contributed by atoms with E-state index in [2.05, 4.69) is 15.9 Å². The highest BCUT2D eigenvalue weighted by Crippen LogP contribution is 2.38. The summed E-state index contributed by atoms with van der Waals surface area (Å²) >= 11 is 3.52. The number of methoxy groups -OCH3 is 2. The summed E-state index contributed by atoms with van der Waals surface area (Å²) in [6.45, 7) is 0. The number of benzene rings is 2. The van der Waals surface area contributed by atoms with Crippen molar-refractivity contribution in [3.63, 3.8) is 0 Å². The molecule has 0 radical (unpaired) electrons. The maximum atomic E-state index is 14.0. The summed E-state index contributed by atoms with van der Waals surface area (Å²) in [5.74, 6) is 0.999. The molecular weight excluding hydrogens is 311 g/mol. The van der Waals surface area contributed by atoms with Crippen LogP contribution in [0.5, 0.6) is 11.5 Å². The lowest BCUT2D eigenvalue weighted by molar-refractivity contribution is 0.405. The minimum atomic E-state index is -0.294. The van der Waals surface area contributed by atoms with E-state index in [1.807, 2.05) is 24.3 Å². The molecule has 0 aliphatic carbocycles. The lowest BCUT2D eigenvalue weighted by Gasteiger charge is -2.15. The zero-order valence-electron chi connectivity index (χ0n) is 10.7. The maximum Gasteiger partial charge on any atom is 0.131 e. The standard InChI is InChI=1S/C15H14BrFO2/c1-18-11-8-6-10(7-9-11)15(16)14-12(17)4-3-5-13(14)19-2/h3-9,15H,1-2H3. The summed E-state index contributed by atoms with van der Waals surface area (Å²) in [4.78, 5) is -0.269. The normalized spacial score (nSPS) is 12.0. The zero-order chi connectivity index (χ0) is 13.8. The molecule has 4 heteroatoms. The number of alkyl halides is 1. The summed E-state index contributed by atoms with van der Waals surface area (Å²) in [6, 6.07) is 12.3. The minimum Gasteiger partial charge on any atom is -0.497 e. The van der Waals surface area contributed by atoms with Gasteiger partial charge in [0.1, 0.15) is 17.3 Å². The molecule has 0 amide bonds. The average Bonchev–Trinajstić information content (AvgIpc) is 2.46. The van der Waals surface area contributed by atoms with E-state index < -0.39 is 0 Å². The molecule has 0 saturated heterocycles. The van der Waals surface area contributed by atoms with Crippen LogP contribution in [0.4, 0.5) is 4.39 Å². The predicted octanol–water partition coefficient (Wildman–Crippen LogP) is 4.33. The number of ether oxygens (including phenoxy) is 2. The van der Waals surface area contributed by atoms with E-state index >= 15 is 0 Å². The van der Waals surface area contributed by atoms with E-state index in [-0.39, 0.29) is 10.6 Å². The van der Waals surface area contributed by atoms with Crippen molar-refractivity contribution in [1.29, 1.82) is 0 Å². The first-order chi connectivity index (χ1) is 9.17. The fourth-order valence-corrected chi connectivity index (χ4v) is 2.63. The van der Waals surface area contributed by atoms with Crippen molar-refractivity contribution in [3.8, 4) is 11.5 Å². The van der Waals surface area contributed by atoms with Gasteiger partial charge >= 0.3 is 0 Å². The van der Waals surface area contributed by atoms with Gasteiger partial charge in [-0.25, -0.2) is 4.39 Å². The first-order valence-electron chi connectivity index (χ1n) is 5.77. The van der Waals surface area contributed by atoms with Crippen LogP contribution in [0.3, 0.4) is 0 Å². The van der Waals surface area contributed by atoms with E-state index in [9.17, 15) is 4.39 Å². The van der Waals surface area contributed by atoms with Crippen molar-refractivity contribution in [2.45, 2.75) is 4.83 Å². The molecule has 0 aromatic heterocycles. The number of rotatable bonds is 4. The molecule has 2 rings (SSSR count). The molecule has 19 heavy (non-hydrogen) atoms. The fraction of sp³-hybridized carbons (Fsp3) is 0.200. The molecule has 0 heterocycles. The summed E-state index contributed by atoms with van der Waals surface area (Å²) in [5, 5.41) is 0. The minimum absolute atomic E-state index is 0.269. The van der Waals surface area contributed by atoms with Crippen molar-refractivity contribution in [3.05, 3.63) is 59.4 Å². The molecule has 0 aliphatic heterocycles. The van der Waals surface area contributed by atoms with Gasteiger partial charge in [0.05, 0.1) is 19.0 Å². The molecule has 2 nitrogen and oxygen atoms in total. The first kappa shape index (κ1) is 13.9. The van der Waals surface area contributed by atoms with Gasteiger partial charge in [0, 0.05) is 5.56 Å². The van der Waals surface area contributed by atoms with E-state index in [1.165, 1.54) is 13.2 Å². The van der Waals surface area contributed by atoms with Gasteiger partial charge in [-0.3, -0.25) is 0 Å². The molecule has 0 fully saturated rings. The zero-order valence-corrected chi connectivity index (χ0v) is 12.3. The highest BCUT2D eigenvalue weighted by Gasteiger charge is 2.19. The molecular formula is C15H14BrFO2. The number of hydrogen-bond acceptors (Lipinski definition) is 2. The fourth-order valence-electron chi connectivity index (χ4n) is 1.88. The monoisotopic (exact) mass is 324 g/mol. The van der Waals surface area contributed by atoms with E-state index in [0.717, 1.165) is 11.3 Å². The molecule has 0 N–H and O–H groups in total. The molecule has 1 atom stereocenters. The topological polar surface area (TPSA) is 18.5 Å². The van der Waals surface area contributed by atoms with E-state index in [4.69, 9.17) is 9.47 Å². The van der Waals surface area contributed by atoms with Gasteiger partial charge < -0.3 is 9.47 Å². The second-order valence-electron chi connectivity index (χ2n) is 3.99. The molecule has 0 saturated carbocycles. The molecule has 2 aromatic carbocycles. The summed E-state index contributed by atoms with van der Waals surface area (Å²) in [7, 11) is 3.15. The van der Waals surface area contributed by atoms with Crippen LogP contribution in [0.2, 0.25) is 0 Å². The molecule has 0 aliphatic rings. The van der Waals surface area contributed by atoms with Crippen molar-refractivity contribution < 1.29 is 13.9 Å². The Labute approximate surface area is 120 Å². The molecule has 2 aromatic rings. The van der Waals surface area contributed by atoms with E-state index in [0.29, 0.717) is 11.3 Å². The van der Waals surface area contributed by atoms with Crippen LogP contribution in [-0.4, -0.2) is 14.2 Å². The molecule has 100 valence electrons. The van der Waals surface area contributed by atoms with Gasteiger partial charge in [-0.1, -0.05) is 34.1 Å². The van der Waals surface area contributed by atoms with Crippen LogP contribution in [0.1, 0.15) is 16.0 Å².